The summed E-state index contributed by atoms with van der Waals surface area (Å²) in [6.07, 6.45) is 3.14. The number of amides is 1. The number of benzene rings is 2. The summed E-state index contributed by atoms with van der Waals surface area (Å²) in [5.74, 6) is 0.942. The Labute approximate surface area is 133 Å². The monoisotopic (exact) mass is 315 g/mol. The zero-order valence-corrected chi connectivity index (χ0v) is 12.5. The van der Waals surface area contributed by atoms with E-state index in [2.05, 4.69) is 5.32 Å². The van der Waals surface area contributed by atoms with E-state index in [4.69, 9.17) is 21.1 Å². The number of rotatable bonds is 3. The van der Waals surface area contributed by atoms with Crippen molar-refractivity contribution in [3.8, 4) is 11.5 Å². The number of hydrogen-bond donors (Lipinski definition) is 1. The average Bonchev–Trinajstić information content (AvgIpc) is 2.54. The van der Waals surface area contributed by atoms with E-state index in [9.17, 15) is 4.79 Å². The van der Waals surface area contributed by atoms with Crippen molar-refractivity contribution in [2.75, 3.05) is 18.5 Å². The summed E-state index contributed by atoms with van der Waals surface area (Å²) in [5, 5.41) is 3.25. The maximum Gasteiger partial charge on any atom is 0.248 e. The molecule has 2 aromatic carbocycles. The molecule has 22 heavy (non-hydrogen) atoms. The third-order valence-corrected chi connectivity index (χ3v) is 3.37. The van der Waals surface area contributed by atoms with Gasteiger partial charge in [-0.2, -0.15) is 0 Å². The molecule has 2 aromatic rings. The fourth-order valence-electron chi connectivity index (χ4n) is 2.10. The normalized spacial score (nSPS) is 13.1. The zero-order valence-electron chi connectivity index (χ0n) is 11.7. The molecule has 0 radical (unpaired) electrons. The van der Waals surface area contributed by atoms with Crippen LogP contribution in [0, 0.1) is 0 Å². The maximum atomic E-state index is 11.9. The lowest BCUT2D eigenvalue weighted by Crippen LogP contribution is -2.15. The van der Waals surface area contributed by atoms with E-state index in [0.29, 0.717) is 29.7 Å². The van der Waals surface area contributed by atoms with Crippen LogP contribution in [0.15, 0.2) is 48.5 Å². The summed E-state index contributed by atoms with van der Waals surface area (Å²) in [7, 11) is 0. The van der Waals surface area contributed by atoms with Gasteiger partial charge in [-0.25, -0.2) is 0 Å². The molecule has 0 fully saturated rings. The molecule has 3 rings (SSSR count). The lowest BCUT2D eigenvalue weighted by atomic mass is 10.1. The highest BCUT2D eigenvalue weighted by Crippen LogP contribution is 2.38. The minimum absolute atomic E-state index is 0.211. The van der Waals surface area contributed by atoms with Crippen LogP contribution in [-0.2, 0) is 4.79 Å². The first kappa shape index (κ1) is 14.5. The van der Waals surface area contributed by atoms with Gasteiger partial charge in [-0.1, -0.05) is 29.8 Å². The molecule has 0 saturated carbocycles. The highest BCUT2D eigenvalue weighted by Gasteiger charge is 2.15. The highest BCUT2D eigenvalue weighted by atomic mass is 35.5. The molecule has 1 amide bonds. The number of hydrogen-bond acceptors (Lipinski definition) is 3. The first-order valence-corrected chi connectivity index (χ1v) is 7.23. The van der Waals surface area contributed by atoms with Crippen molar-refractivity contribution in [2.24, 2.45) is 0 Å². The minimum Gasteiger partial charge on any atom is -0.486 e. The number of carbonyl (C=O) groups is 1. The minimum atomic E-state index is -0.211. The van der Waals surface area contributed by atoms with Crippen molar-refractivity contribution in [1.82, 2.24) is 0 Å². The molecule has 1 aliphatic heterocycles. The SMILES string of the molecule is O=C(/C=C/c1cc(Cl)c2c(c1)OCCO2)Nc1ccccc1. The third-order valence-electron chi connectivity index (χ3n) is 3.09. The second kappa shape index (κ2) is 6.54. The number of ether oxygens (including phenoxy) is 2. The Balaban J connectivity index is 1.72. The van der Waals surface area contributed by atoms with Gasteiger partial charge in [0.25, 0.3) is 0 Å². The van der Waals surface area contributed by atoms with Crippen LogP contribution in [0.5, 0.6) is 11.5 Å². The van der Waals surface area contributed by atoms with Crippen molar-refractivity contribution < 1.29 is 14.3 Å². The summed E-state index contributed by atoms with van der Waals surface area (Å²) in [4.78, 5) is 11.9. The van der Waals surface area contributed by atoms with Crippen molar-refractivity contribution in [3.05, 3.63) is 59.1 Å². The van der Waals surface area contributed by atoms with Gasteiger partial charge in [0.05, 0.1) is 5.02 Å². The van der Waals surface area contributed by atoms with Gasteiger partial charge < -0.3 is 14.8 Å². The van der Waals surface area contributed by atoms with E-state index in [1.807, 2.05) is 30.3 Å². The van der Waals surface area contributed by atoms with Gasteiger partial charge in [-0.05, 0) is 35.9 Å². The maximum absolute atomic E-state index is 11.9. The van der Waals surface area contributed by atoms with E-state index in [-0.39, 0.29) is 5.91 Å². The fourth-order valence-corrected chi connectivity index (χ4v) is 2.38. The molecule has 0 aromatic heterocycles. The molecule has 1 aliphatic rings. The lowest BCUT2D eigenvalue weighted by molar-refractivity contribution is -0.111. The van der Waals surface area contributed by atoms with Crippen molar-refractivity contribution in [3.63, 3.8) is 0 Å². The molecule has 0 spiro atoms. The third kappa shape index (κ3) is 3.40. The predicted molar refractivity (Wildman–Crippen MR) is 86.5 cm³/mol. The quantitative estimate of drug-likeness (QED) is 0.877. The van der Waals surface area contributed by atoms with Crippen molar-refractivity contribution in [2.45, 2.75) is 0 Å². The molecule has 5 heteroatoms. The molecular formula is C17H14ClNO3. The van der Waals surface area contributed by atoms with Gasteiger partial charge in [0.15, 0.2) is 11.5 Å². The summed E-state index contributed by atoms with van der Waals surface area (Å²) in [6, 6.07) is 12.8. The van der Waals surface area contributed by atoms with Gasteiger partial charge in [-0.3, -0.25) is 4.79 Å². The number of nitrogens with one attached hydrogen (secondary N) is 1. The molecule has 1 heterocycles. The van der Waals surface area contributed by atoms with Crippen LogP contribution in [0.2, 0.25) is 5.02 Å². The van der Waals surface area contributed by atoms with Crippen molar-refractivity contribution in [1.29, 1.82) is 0 Å². The first-order valence-electron chi connectivity index (χ1n) is 6.85. The molecule has 0 aliphatic carbocycles. The van der Waals surface area contributed by atoms with Gasteiger partial charge in [0.1, 0.15) is 13.2 Å². The van der Waals surface area contributed by atoms with Gasteiger partial charge in [-0.15, -0.1) is 0 Å². The van der Waals surface area contributed by atoms with Crippen LogP contribution in [0.3, 0.4) is 0 Å². The standard InChI is InChI=1S/C17H14ClNO3/c18-14-10-12(11-15-17(14)22-9-8-21-15)6-7-16(20)19-13-4-2-1-3-5-13/h1-7,10-11H,8-9H2,(H,19,20)/b7-6+. The molecule has 1 N–H and O–H groups in total. The predicted octanol–water partition coefficient (Wildman–Crippen LogP) is 3.76. The molecular weight excluding hydrogens is 302 g/mol. The topological polar surface area (TPSA) is 47.6 Å². The van der Waals surface area contributed by atoms with Crippen LogP contribution >= 0.6 is 11.6 Å². The Hall–Kier alpha value is -2.46. The summed E-state index contributed by atoms with van der Waals surface area (Å²) < 4.78 is 11.0. The van der Waals surface area contributed by atoms with Gasteiger partial charge in [0.2, 0.25) is 5.91 Å². The number of halogens is 1. The Bertz CT molecular complexity index is 713. The molecule has 0 unspecified atom stereocenters. The molecule has 0 atom stereocenters. The van der Waals surface area contributed by atoms with E-state index >= 15 is 0 Å². The Morgan fingerprint density at radius 1 is 1.14 bits per heavy atom. The van der Waals surface area contributed by atoms with E-state index < -0.39 is 0 Å². The van der Waals surface area contributed by atoms with E-state index in [1.165, 1.54) is 6.08 Å². The molecule has 0 saturated heterocycles. The number of anilines is 1. The Kier molecular flexibility index (Phi) is 4.30. The molecule has 112 valence electrons. The van der Waals surface area contributed by atoms with Gasteiger partial charge in [0, 0.05) is 11.8 Å². The molecule has 4 nitrogen and oxygen atoms in total. The molecule has 0 bridgehead atoms. The second-order valence-corrected chi connectivity index (χ2v) is 5.12. The lowest BCUT2D eigenvalue weighted by Gasteiger charge is -2.19. The second-order valence-electron chi connectivity index (χ2n) is 4.72. The smallest absolute Gasteiger partial charge is 0.248 e. The van der Waals surface area contributed by atoms with Crippen molar-refractivity contribution >= 4 is 29.3 Å². The summed E-state index contributed by atoms with van der Waals surface area (Å²) in [5.41, 5.74) is 1.52. The number of fused-ring (bicyclic) bond motifs is 1. The average molecular weight is 316 g/mol. The number of para-hydroxylation sites is 1. The van der Waals surface area contributed by atoms with Gasteiger partial charge >= 0.3 is 0 Å². The van der Waals surface area contributed by atoms with Crippen LogP contribution in [0.25, 0.3) is 6.08 Å². The Morgan fingerprint density at radius 2 is 1.91 bits per heavy atom. The van der Waals surface area contributed by atoms with Crippen LogP contribution in [-0.4, -0.2) is 19.1 Å². The fraction of sp³-hybridized carbons (Fsp3) is 0.118. The summed E-state index contributed by atoms with van der Waals surface area (Å²) in [6.45, 7) is 0.979. The highest BCUT2D eigenvalue weighted by molar-refractivity contribution is 6.32. The largest absolute Gasteiger partial charge is 0.486 e. The number of carbonyl (C=O) groups excluding carboxylic acids is 1. The first-order chi connectivity index (χ1) is 10.7. The Morgan fingerprint density at radius 3 is 2.73 bits per heavy atom. The van der Waals surface area contributed by atoms with Crippen LogP contribution in [0.1, 0.15) is 5.56 Å². The van der Waals surface area contributed by atoms with E-state index in [1.54, 1.807) is 18.2 Å². The zero-order chi connectivity index (χ0) is 15.4. The summed E-state index contributed by atoms with van der Waals surface area (Å²) >= 11 is 6.15. The van der Waals surface area contributed by atoms with E-state index in [0.717, 1.165) is 11.3 Å². The van der Waals surface area contributed by atoms with Crippen LogP contribution < -0.4 is 14.8 Å². The van der Waals surface area contributed by atoms with Crippen LogP contribution in [0.4, 0.5) is 5.69 Å².